The Bertz CT molecular complexity index is 1130. The van der Waals surface area contributed by atoms with Crippen molar-refractivity contribution in [3.63, 3.8) is 0 Å². The van der Waals surface area contributed by atoms with Gasteiger partial charge in [-0.25, -0.2) is 4.68 Å². The highest BCUT2D eigenvalue weighted by molar-refractivity contribution is 5.94. The second kappa shape index (κ2) is 8.15. The Kier molecular flexibility index (Phi) is 5.25. The van der Waals surface area contributed by atoms with E-state index in [2.05, 4.69) is 5.32 Å². The third kappa shape index (κ3) is 4.11. The first-order valence-electron chi connectivity index (χ1n) is 9.66. The van der Waals surface area contributed by atoms with E-state index >= 15 is 0 Å². The molecule has 4 nitrogen and oxygen atoms in total. The molecule has 0 saturated carbocycles. The Morgan fingerprint density at radius 2 is 1.59 bits per heavy atom. The zero-order valence-corrected chi connectivity index (χ0v) is 16.6. The topological polar surface area (TPSA) is 46.9 Å². The van der Waals surface area contributed by atoms with E-state index < -0.39 is 0 Å². The second-order valence-corrected chi connectivity index (χ2v) is 7.13. The molecule has 4 heteroatoms. The van der Waals surface area contributed by atoms with Gasteiger partial charge in [0.2, 0.25) is 0 Å². The zero-order chi connectivity index (χ0) is 20.2. The molecule has 0 unspecified atom stereocenters. The quantitative estimate of drug-likeness (QED) is 0.524. The summed E-state index contributed by atoms with van der Waals surface area (Å²) in [4.78, 5) is 12.7. The molecule has 1 N–H and O–H groups in total. The Balaban J connectivity index is 1.62. The summed E-state index contributed by atoms with van der Waals surface area (Å²) in [6, 6.07) is 25.8. The van der Waals surface area contributed by atoms with Crippen LogP contribution in [0.3, 0.4) is 0 Å². The lowest BCUT2D eigenvalue weighted by Crippen LogP contribution is -2.23. The van der Waals surface area contributed by atoms with E-state index in [1.54, 1.807) is 0 Å². The number of carbonyl (C=O) groups is 1. The summed E-state index contributed by atoms with van der Waals surface area (Å²) in [5, 5.41) is 7.84. The van der Waals surface area contributed by atoms with Gasteiger partial charge in [-0.05, 0) is 49.2 Å². The van der Waals surface area contributed by atoms with E-state index in [9.17, 15) is 4.79 Å². The average Bonchev–Trinajstić information content (AvgIpc) is 3.19. The second-order valence-electron chi connectivity index (χ2n) is 7.13. The lowest BCUT2D eigenvalue weighted by molar-refractivity contribution is 0.0951. The molecular formula is C25H23N3O. The van der Waals surface area contributed by atoms with Crippen LogP contribution in [0.4, 0.5) is 0 Å². The van der Waals surface area contributed by atoms with Crippen molar-refractivity contribution in [2.75, 3.05) is 0 Å². The molecule has 4 aromatic rings. The van der Waals surface area contributed by atoms with Crippen LogP contribution in [0.25, 0.3) is 16.9 Å². The lowest BCUT2D eigenvalue weighted by atomic mass is 10.1. The predicted octanol–water partition coefficient (Wildman–Crippen LogP) is 5.09. The monoisotopic (exact) mass is 381 g/mol. The molecule has 144 valence electrons. The molecule has 0 bridgehead atoms. The van der Waals surface area contributed by atoms with Crippen LogP contribution in [0.5, 0.6) is 0 Å². The summed E-state index contributed by atoms with van der Waals surface area (Å²) in [5.41, 5.74) is 6.81. The van der Waals surface area contributed by atoms with Crippen LogP contribution in [-0.4, -0.2) is 15.7 Å². The van der Waals surface area contributed by atoms with E-state index in [1.165, 1.54) is 5.56 Å². The van der Waals surface area contributed by atoms with Crippen molar-refractivity contribution in [2.24, 2.45) is 0 Å². The molecule has 3 aromatic carbocycles. The van der Waals surface area contributed by atoms with Crippen LogP contribution in [-0.2, 0) is 6.54 Å². The molecule has 0 aliphatic heterocycles. The molecule has 4 rings (SSSR count). The van der Waals surface area contributed by atoms with Crippen LogP contribution in [0, 0.1) is 13.8 Å². The maximum atomic E-state index is 12.7. The van der Waals surface area contributed by atoms with Gasteiger partial charge < -0.3 is 5.32 Å². The predicted molar refractivity (Wildman–Crippen MR) is 116 cm³/mol. The maximum Gasteiger partial charge on any atom is 0.251 e. The Hall–Kier alpha value is -3.66. The summed E-state index contributed by atoms with van der Waals surface area (Å²) in [7, 11) is 0. The van der Waals surface area contributed by atoms with Gasteiger partial charge >= 0.3 is 0 Å². The highest BCUT2D eigenvalue weighted by atomic mass is 16.1. The van der Waals surface area contributed by atoms with Gasteiger partial charge in [-0.15, -0.1) is 0 Å². The standard InChI is InChI=1S/C25H23N3O/c1-18-13-14-21(15-19(18)2)25(29)26-16-22-17-28(23-11-7-4-8-12-23)27-24(22)20-9-5-3-6-10-20/h3-15,17H,16H2,1-2H3,(H,26,29). The van der Waals surface area contributed by atoms with Gasteiger partial charge in [0.05, 0.1) is 11.4 Å². The van der Waals surface area contributed by atoms with E-state index in [0.717, 1.165) is 28.1 Å². The third-order valence-electron chi connectivity index (χ3n) is 5.07. The molecule has 1 amide bonds. The van der Waals surface area contributed by atoms with Crippen molar-refractivity contribution in [3.8, 4) is 16.9 Å². The van der Waals surface area contributed by atoms with Gasteiger partial charge in [-0.1, -0.05) is 54.6 Å². The van der Waals surface area contributed by atoms with E-state index in [-0.39, 0.29) is 5.91 Å². The first kappa shape index (κ1) is 18.7. The first-order chi connectivity index (χ1) is 14.1. The van der Waals surface area contributed by atoms with Crippen LogP contribution in [0.15, 0.2) is 85.1 Å². The molecule has 0 aliphatic rings. The Morgan fingerprint density at radius 3 is 2.28 bits per heavy atom. The number of amides is 1. The molecule has 29 heavy (non-hydrogen) atoms. The summed E-state index contributed by atoms with van der Waals surface area (Å²) in [5.74, 6) is -0.0837. The van der Waals surface area contributed by atoms with Gasteiger partial charge in [-0.2, -0.15) is 5.10 Å². The van der Waals surface area contributed by atoms with Crippen molar-refractivity contribution in [1.82, 2.24) is 15.1 Å². The van der Waals surface area contributed by atoms with Crippen molar-refractivity contribution < 1.29 is 4.79 Å². The maximum absolute atomic E-state index is 12.7. The third-order valence-corrected chi connectivity index (χ3v) is 5.07. The highest BCUT2D eigenvalue weighted by Crippen LogP contribution is 2.23. The van der Waals surface area contributed by atoms with Crippen LogP contribution in [0.1, 0.15) is 27.0 Å². The minimum Gasteiger partial charge on any atom is -0.348 e. The minimum absolute atomic E-state index is 0.0837. The fraction of sp³-hybridized carbons (Fsp3) is 0.120. The molecule has 0 spiro atoms. The Labute approximate surface area is 170 Å². The van der Waals surface area contributed by atoms with E-state index in [0.29, 0.717) is 12.1 Å². The molecule has 0 aliphatic carbocycles. The fourth-order valence-corrected chi connectivity index (χ4v) is 3.25. The number of aromatic nitrogens is 2. The minimum atomic E-state index is -0.0837. The normalized spacial score (nSPS) is 10.7. The molecule has 0 radical (unpaired) electrons. The van der Waals surface area contributed by atoms with Gasteiger partial charge in [-0.3, -0.25) is 4.79 Å². The van der Waals surface area contributed by atoms with Crippen molar-refractivity contribution in [3.05, 3.63) is 107 Å². The number of hydrogen-bond donors (Lipinski definition) is 1. The Morgan fingerprint density at radius 1 is 0.897 bits per heavy atom. The number of carbonyl (C=O) groups excluding carboxylic acids is 1. The highest BCUT2D eigenvalue weighted by Gasteiger charge is 2.14. The molecule has 1 heterocycles. The van der Waals surface area contributed by atoms with E-state index in [4.69, 9.17) is 5.10 Å². The number of nitrogens with zero attached hydrogens (tertiary/aromatic N) is 2. The summed E-state index contributed by atoms with van der Waals surface area (Å²) >= 11 is 0. The first-order valence-corrected chi connectivity index (χ1v) is 9.66. The van der Waals surface area contributed by atoms with Crippen molar-refractivity contribution in [1.29, 1.82) is 0 Å². The van der Waals surface area contributed by atoms with Crippen molar-refractivity contribution in [2.45, 2.75) is 20.4 Å². The lowest BCUT2D eigenvalue weighted by Gasteiger charge is -2.07. The van der Waals surface area contributed by atoms with Crippen LogP contribution in [0.2, 0.25) is 0 Å². The van der Waals surface area contributed by atoms with Gasteiger partial charge in [0.1, 0.15) is 0 Å². The summed E-state index contributed by atoms with van der Waals surface area (Å²) in [6.07, 6.45) is 1.98. The largest absolute Gasteiger partial charge is 0.348 e. The number of nitrogens with one attached hydrogen (secondary N) is 1. The van der Waals surface area contributed by atoms with Crippen LogP contribution < -0.4 is 5.32 Å². The van der Waals surface area contributed by atoms with Gasteiger partial charge in [0, 0.05) is 29.4 Å². The number of benzene rings is 3. The van der Waals surface area contributed by atoms with Crippen LogP contribution >= 0.6 is 0 Å². The molecule has 0 atom stereocenters. The van der Waals surface area contributed by atoms with E-state index in [1.807, 2.05) is 104 Å². The molecule has 1 aromatic heterocycles. The number of para-hydroxylation sites is 1. The molecular weight excluding hydrogens is 358 g/mol. The van der Waals surface area contributed by atoms with Crippen molar-refractivity contribution >= 4 is 5.91 Å². The SMILES string of the molecule is Cc1ccc(C(=O)NCc2cn(-c3ccccc3)nc2-c2ccccc2)cc1C. The number of hydrogen-bond acceptors (Lipinski definition) is 2. The van der Waals surface area contributed by atoms with Gasteiger partial charge in [0.25, 0.3) is 5.91 Å². The average molecular weight is 381 g/mol. The number of rotatable bonds is 5. The zero-order valence-electron chi connectivity index (χ0n) is 16.6. The molecule has 0 saturated heterocycles. The smallest absolute Gasteiger partial charge is 0.251 e. The molecule has 0 fully saturated rings. The summed E-state index contributed by atoms with van der Waals surface area (Å²) < 4.78 is 1.86. The number of aryl methyl sites for hydroxylation is 2. The fourth-order valence-electron chi connectivity index (χ4n) is 3.25. The summed E-state index contributed by atoms with van der Waals surface area (Å²) in [6.45, 7) is 4.47. The van der Waals surface area contributed by atoms with Gasteiger partial charge in [0.15, 0.2) is 0 Å².